The lowest BCUT2D eigenvalue weighted by molar-refractivity contribution is -0.423. The molecule has 1 fully saturated rings. The smallest absolute Gasteiger partial charge is 0.409 e. The molecular weight excluding hydrogens is 176 g/mol. The Hall–Kier alpha value is -1.59. The Balaban J connectivity index is 3.08. The van der Waals surface area contributed by atoms with Crippen molar-refractivity contribution in [1.82, 2.24) is 4.90 Å². The number of nitro groups is 1. The van der Waals surface area contributed by atoms with Gasteiger partial charge in [0.1, 0.15) is 5.70 Å². The number of hydrogen-bond donors (Lipinski definition) is 1. The first-order chi connectivity index (χ1) is 6.04. The van der Waals surface area contributed by atoms with Gasteiger partial charge in [-0.2, -0.15) is 0 Å². The van der Waals surface area contributed by atoms with Gasteiger partial charge in [0.15, 0.2) is 0 Å². The number of likely N-dealkylation sites (tertiary alicyclic amines) is 1. The van der Waals surface area contributed by atoms with Crippen molar-refractivity contribution < 1.29 is 14.8 Å². The summed E-state index contributed by atoms with van der Waals surface area (Å²) in [6.45, 7) is 0.681. The van der Waals surface area contributed by atoms with Crippen LogP contribution < -0.4 is 0 Å². The lowest BCUT2D eigenvalue weighted by atomic mass is 10.2. The van der Waals surface area contributed by atoms with Gasteiger partial charge in [0.2, 0.25) is 0 Å². The Morgan fingerprint density at radius 2 is 2.31 bits per heavy atom. The van der Waals surface area contributed by atoms with Gasteiger partial charge in [-0.05, 0) is 12.8 Å². The average molecular weight is 186 g/mol. The predicted octanol–water partition coefficient (Wildman–Crippen LogP) is 0.285. The number of carboxylic acid groups (broad SMARTS) is 1. The summed E-state index contributed by atoms with van der Waals surface area (Å²) in [6, 6.07) is 0. The molecule has 1 heterocycles. The van der Waals surface area contributed by atoms with E-state index in [0.717, 1.165) is 6.42 Å². The predicted molar refractivity (Wildman–Crippen MR) is 43.5 cm³/mol. The number of aliphatic carboxylic acids is 1. The van der Waals surface area contributed by atoms with Crippen molar-refractivity contribution in [2.24, 2.45) is 0 Å². The molecule has 0 saturated carbocycles. The minimum atomic E-state index is -1.46. The number of rotatable bonds is 2. The van der Waals surface area contributed by atoms with Gasteiger partial charge in [0, 0.05) is 13.6 Å². The summed E-state index contributed by atoms with van der Waals surface area (Å²) in [7, 11) is 1.66. The molecule has 0 unspecified atom stereocenters. The van der Waals surface area contributed by atoms with Crippen LogP contribution in [0.3, 0.4) is 0 Å². The SMILES string of the molecule is CN1CCCC1=C(C(=O)O)[N+](=O)[O-]. The summed E-state index contributed by atoms with van der Waals surface area (Å²) in [5.41, 5.74) is -0.377. The summed E-state index contributed by atoms with van der Waals surface area (Å²) in [5, 5.41) is 19.0. The second kappa shape index (κ2) is 3.42. The van der Waals surface area contributed by atoms with E-state index < -0.39 is 16.6 Å². The van der Waals surface area contributed by atoms with Crippen LogP contribution in [0.1, 0.15) is 12.8 Å². The van der Waals surface area contributed by atoms with Gasteiger partial charge in [0.05, 0.1) is 4.92 Å². The molecule has 0 aromatic heterocycles. The number of allylic oxidation sites excluding steroid dienone is 1. The zero-order chi connectivity index (χ0) is 10.0. The summed E-state index contributed by atoms with van der Waals surface area (Å²) in [6.07, 6.45) is 1.25. The molecule has 1 saturated heterocycles. The zero-order valence-corrected chi connectivity index (χ0v) is 7.19. The molecule has 13 heavy (non-hydrogen) atoms. The highest BCUT2D eigenvalue weighted by atomic mass is 16.6. The summed E-state index contributed by atoms with van der Waals surface area (Å²) >= 11 is 0. The first-order valence-electron chi connectivity index (χ1n) is 3.86. The first kappa shape index (κ1) is 9.50. The molecule has 72 valence electrons. The van der Waals surface area contributed by atoms with Crippen molar-refractivity contribution >= 4 is 5.97 Å². The number of hydrogen-bond acceptors (Lipinski definition) is 4. The van der Waals surface area contributed by atoms with E-state index in [0.29, 0.717) is 18.7 Å². The van der Waals surface area contributed by atoms with E-state index in [1.54, 1.807) is 11.9 Å². The van der Waals surface area contributed by atoms with E-state index in [1.165, 1.54) is 0 Å². The molecule has 0 bridgehead atoms. The van der Waals surface area contributed by atoms with Crippen LogP contribution in [0.5, 0.6) is 0 Å². The van der Waals surface area contributed by atoms with Crippen molar-refractivity contribution in [2.45, 2.75) is 12.8 Å². The zero-order valence-electron chi connectivity index (χ0n) is 7.19. The topological polar surface area (TPSA) is 83.7 Å². The van der Waals surface area contributed by atoms with Crippen LogP contribution >= 0.6 is 0 Å². The first-order valence-corrected chi connectivity index (χ1v) is 3.86. The van der Waals surface area contributed by atoms with Gasteiger partial charge in [-0.1, -0.05) is 0 Å². The fourth-order valence-corrected chi connectivity index (χ4v) is 1.42. The maximum absolute atomic E-state index is 10.5. The van der Waals surface area contributed by atoms with Crippen LogP contribution in [0.15, 0.2) is 11.4 Å². The van der Waals surface area contributed by atoms with Gasteiger partial charge in [0.25, 0.3) is 0 Å². The van der Waals surface area contributed by atoms with Gasteiger partial charge in [-0.3, -0.25) is 10.1 Å². The molecule has 0 amide bonds. The van der Waals surface area contributed by atoms with Gasteiger partial charge >= 0.3 is 11.7 Å². The molecule has 1 aliphatic rings. The molecule has 0 aromatic carbocycles. The Morgan fingerprint density at radius 1 is 1.69 bits per heavy atom. The van der Waals surface area contributed by atoms with Crippen molar-refractivity contribution in [3.05, 3.63) is 21.5 Å². The molecule has 0 aromatic rings. The van der Waals surface area contributed by atoms with Gasteiger partial charge < -0.3 is 10.0 Å². The Kier molecular flexibility index (Phi) is 2.50. The number of nitrogens with zero attached hydrogens (tertiary/aromatic N) is 2. The molecule has 0 radical (unpaired) electrons. The highest BCUT2D eigenvalue weighted by Crippen LogP contribution is 2.22. The maximum atomic E-state index is 10.5. The minimum absolute atomic E-state index is 0.317. The fourth-order valence-electron chi connectivity index (χ4n) is 1.42. The molecule has 1 N–H and O–H groups in total. The van der Waals surface area contributed by atoms with E-state index in [-0.39, 0.29) is 0 Å². The minimum Gasteiger partial charge on any atom is -0.473 e. The lowest BCUT2D eigenvalue weighted by Gasteiger charge is -2.10. The summed E-state index contributed by atoms with van der Waals surface area (Å²) < 4.78 is 0. The Labute approximate surface area is 74.6 Å². The van der Waals surface area contributed by atoms with Crippen molar-refractivity contribution in [3.63, 3.8) is 0 Å². The molecule has 6 nitrogen and oxygen atoms in total. The third-order valence-electron chi connectivity index (χ3n) is 2.03. The molecule has 1 rings (SSSR count). The molecule has 0 spiro atoms. The fraction of sp³-hybridized carbons (Fsp3) is 0.571. The standard InChI is InChI=1S/C7H10N2O4/c1-8-4-2-3-5(8)6(7(10)11)9(12)13/h2-4H2,1H3,(H,10,11). The molecule has 0 aliphatic carbocycles. The monoisotopic (exact) mass is 186 g/mol. The van der Waals surface area contributed by atoms with Crippen LogP contribution in [-0.4, -0.2) is 34.5 Å². The van der Waals surface area contributed by atoms with Crippen molar-refractivity contribution in [1.29, 1.82) is 0 Å². The lowest BCUT2D eigenvalue weighted by Crippen LogP contribution is -2.20. The number of carbonyl (C=O) groups is 1. The van der Waals surface area contributed by atoms with E-state index in [2.05, 4.69) is 0 Å². The second-order valence-corrected chi connectivity index (χ2v) is 2.88. The van der Waals surface area contributed by atoms with Crippen LogP contribution in [0.4, 0.5) is 0 Å². The van der Waals surface area contributed by atoms with Crippen molar-refractivity contribution in [3.8, 4) is 0 Å². The van der Waals surface area contributed by atoms with Gasteiger partial charge in [-0.15, -0.1) is 0 Å². The van der Waals surface area contributed by atoms with Crippen LogP contribution in [-0.2, 0) is 4.79 Å². The summed E-state index contributed by atoms with van der Waals surface area (Å²) in [5.74, 6) is -1.46. The van der Waals surface area contributed by atoms with E-state index >= 15 is 0 Å². The van der Waals surface area contributed by atoms with Gasteiger partial charge in [-0.25, -0.2) is 4.79 Å². The molecular formula is C7H10N2O4. The van der Waals surface area contributed by atoms with E-state index in [4.69, 9.17) is 5.11 Å². The third-order valence-corrected chi connectivity index (χ3v) is 2.03. The van der Waals surface area contributed by atoms with E-state index in [1.807, 2.05) is 0 Å². The third kappa shape index (κ3) is 1.77. The van der Waals surface area contributed by atoms with Crippen LogP contribution in [0.2, 0.25) is 0 Å². The van der Waals surface area contributed by atoms with E-state index in [9.17, 15) is 14.9 Å². The van der Waals surface area contributed by atoms with Crippen LogP contribution in [0, 0.1) is 10.1 Å². The quantitative estimate of drug-likeness (QED) is 0.380. The second-order valence-electron chi connectivity index (χ2n) is 2.88. The summed E-state index contributed by atoms with van der Waals surface area (Å²) in [4.78, 5) is 21.7. The largest absolute Gasteiger partial charge is 0.473 e. The van der Waals surface area contributed by atoms with Crippen LogP contribution in [0.25, 0.3) is 0 Å². The molecule has 0 atom stereocenters. The normalized spacial score (nSPS) is 20.2. The Morgan fingerprint density at radius 3 is 2.62 bits per heavy atom. The number of carboxylic acids is 1. The van der Waals surface area contributed by atoms with Crippen molar-refractivity contribution in [2.75, 3.05) is 13.6 Å². The Bertz CT molecular complexity index is 268. The highest BCUT2D eigenvalue weighted by Gasteiger charge is 2.31. The molecule has 1 aliphatic heterocycles. The average Bonchev–Trinajstić information content (AvgIpc) is 2.35. The highest BCUT2D eigenvalue weighted by molar-refractivity contribution is 5.84. The molecule has 6 heteroatoms. The maximum Gasteiger partial charge on any atom is 0.409 e.